The smallest absolute Gasteiger partial charge is 0.310 e. The summed E-state index contributed by atoms with van der Waals surface area (Å²) in [5.74, 6) is -0.329. The summed E-state index contributed by atoms with van der Waals surface area (Å²) in [4.78, 5) is 13.1. The first-order valence-corrected chi connectivity index (χ1v) is 9.28. The molecule has 6 nitrogen and oxygen atoms in total. The van der Waals surface area contributed by atoms with Crippen LogP contribution in [-0.4, -0.2) is 25.8 Å². The second-order valence-corrected chi connectivity index (χ2v) is 9.11. The zero-order valence-corrected chi connectivity index (χ0v) is 16.7. The minimum Gasteiger partial charge on any atom is -0.481 e. The van der Waals surface area contributed by atoms with Crippen LogP contribution in [0, 0.1) is 25.2 Å². The van der Waals surface area contributed by atoms with Crippen molar-refractivity contribution in [3.05, 3.63) is 26.6 Å². The van der Waals surface area contributed by atoms with Gasteiger partial charge in [0.2, 0.25) is 0 Å². The largest absolute Gasteiger partial charge is 0.481 e. The molecule has 0 radical (unpaired) electrons. The van der Waals surface area contributed by atoms with Crippen molar-refractivity contribution in [3.8, 4) is 5.00 Å². The highest BCUT2D eigenvalue weighted by Crippen LogP contribution is 2.45. The zero-order chi connectivity index (χ0) is 17.8. The fourth-order valence-electron chi connectivity index (χ4n) is 3.12. The van der Waals surface area contributed by atoms with Crippen LogP contribution in [0.2, 0.25) is 0 Å². The third kappa shape index (κ3) is 2.70. The lowest BCUT2D eigenvalue weighted by molar-refractivity contribution is -0.155. The van der Waals surface area contributed by atoms with Gasteiger partial charge in [-0.1, -0.05) is 20.8 Å². The Hall–Kier alpha value is -1.25. The number of carbonyl (C=O) groups is 1. The number of carboxylic acid groups (broad SMARTS) is 1. The maximum Gasteiger partial charge on any atom is 0.310 e. The van der Waals surface area contributed by atoms with E-state index < -0.39 is 23.4 Å². The predicted octanol–water partition coefficient (Wildman–Crippen LogP) is 4.03. The molecule has 0 spiro atoms. The van der Waals surface area contributed by atoms with Crippen molar-refractivity contribution in [2.24, 2.45) is 11.3 Å². The van der Waals surface area contributed by atoms with E-state index >= 15 is 0 Å². The van der Waals surface area contributed by atoms with E-state index in [9.17, 15) is 9.90 Å². The van der Waals surface area contributed by atoms with Crippen molar-refractivity contribution in [3.63, 3.8) is 0 Å². The second kappa shape index (κ2) is 5.93. The summed E-state index contributed by atoms with van der Waals surface area (Å²) in [5, 5.41) is 19.3. The van der Waals surface area contributed by atoms with E-state index in [4.69, 9.17) is 4.74 Å². The van der Waals surface area contributed by atoms with E-state index in [0.29, 0.717) is 12.4 Å². The van der Waals surface area contributed by atoms with Gasteiger partial charge in [-0.2, -0.15) is 0 Å². The number of hydrogen-bond acceptors (Lipinski definition) is 5. The lowest BCUT2D eigenvalue weighted by Gasteiger charge is -2.32. The normalized spacial score (nSPS) is 18.7. The van der Waals surface area contributed by atoms with Crippen LogP contribution < -0.4 is 0 Å². The second-order valence-electron chi connectivity index (χ2n) is 7.11. The summed E-state index contributed by atoms with van der Waals surface area (Å²) in [6.07, 6.45) is -0.657. The van der Waals surface area contributed by atoms with Crippen LogP contribution in [-0.2, 0) is 16.1 Å². The Balaban J connectivity index is 2.20. The maximum atomic E-state index is 12.0. The molecule has 24 heavy (non-hydrogen) atoms. The van der Waals surface area contributed by atoms with Gasteiger partial charge >= 0.3 is 5.97 Å². The molecular formula is C16H20BrN3O3S. The summed E-state index contributed by atoms with van der Waals surface area (Å²) in [6, 6.07) is 0. The number of halogens is 1. The average molecular weight is 414 g/mol. The molecule has 0 saturated carbocycles. The van der Waals surface area contributed by atoms with Crippen LogP contribution in [0.3, 0.4) is 0 Å². The maximum absolute atomic E-state index is 12.0. The molecule has 0 aromatic carbocycles. The van der Waals surface area contributed by atoms with Crippen LogP contribution in [0.4, 0.5) is 0 Å². The number of fused-ring (bicyclic) bond motifs is 3. The van der Waals surface area contributed by atoms with Gasteiger partial charge in [0, 0.05) is 14.9 Å². The number of carboxylic acids is 1. The van der Waals surface area contributed by atoms with Crippen molar-refractivity contribution in [2.45, 2.75) is 47.3 Å². The molecule has 2 aromatic rings. The standard InChI is InChI=1S/C16H20BrN3O3S/c1-7-11(17)9-6-23-12(10(15(21)22)16(3,4)5)13-19-18-8(2)20(13)14(9)24-7/h10,12H,6H2,1-5H3,(H,21,22). The van der Waals surface area contributed by atoms with E-state index in [1.165, 1.54) is 0 Å². The summed E-state index contributed by atoms with van der Waals surface area (Å²) in [6.45, 7) is 9.97. The van der Waals surface area contributed by atoms with Crippen LogP contribution in [0.25, 0.3) is 5.00 Å². The fourth-order valence-corrected chi connectivity index (χ4v) is 4.90. The molecule has 0 saturated heterocycles. The SMILES string of the molecule is Cc1sc2c(c1Br)COC(C(C(=O)O)C(C)(C)C)c1nnc(C)n1-2. The van der Waals surface area contributed by atoms with Crippen LogP contribution in [0.1, 0.15) is 49.0 Å². The monoisotopic (exact) mass is 413 g/mol. The zero-order valence-electron chi connectivity index (χ0n) is 14.3. The van der Waals surface area contributed by atoms with E-state index in [1.807, 2.05) is 39.2 Å². The van der Waals surface area contributed by atoms with Gasteiger partial charge in [0.05, 0.1) is 12.5 Å². The first-order chi connectivity index (χ1) is 11.1. The van der Waals surface area contributed by atoms with E-state index in [-0.39, 0.29) is 0 Å². The van der Waals surface area contributed by atoms with Crippen LogP contribution in [0.15, 0.2) is 4.47 Å². The third-order valence-electron chi connectivity index (χ3n) is 4.30. The Morgan fingerprint density at radius 1 is 1.42 bits per heavy atom. The van der Waals surface area contributed by atoms with Gasteiger partial charge in [-0.15, -0.1) is 21.5 Å². The molecule has 130 valence electrons. The lowest BCUT2D eigenvalue weighted by Crippen LogP contribution is -2.35. The number of thiophene rings is 1. The quantitative estimate of drug-likeness (QED) is 0.803. The molecule has 2 aromatic heterocycles. The predicted molar refractivity (Wildman–Crippen MR) is 94.5 cm³/mol. The van der Waals surface area contributed by atoms with Gasteiger partial charge < -0.3 is 9.84 Å². The molecule has 1 aliphatic heterocycles. The van der Waals surface area contributed by atoms with Crippen LogP contribution in [0.5, 0.6) is 0 Å². The Labute approximate surface area is 153 Å². The van der Waals surface area contributed by atoms with E-state index in [1.54, 1.807) is 11.3 Å². The molecule has 0 amide bonds. The van der Waals surface area contributed by atoms with Crippen molar-refractivity contribution in [1.29, 1.82) is 0 Å². The molecule has 1 N–H and O–H groups in total. The molecule has 3 rings (SSSR count). The number of hydrogen-bond donors (Lipinski definition) is 1. The van der Waals surface area contributed by atoms with Gasteiger partial charge in [-0.25, -0.2) is 0 Å². The van der Waals surface area contributed by atoms with Gasteiger partial charge in [-0.05, 0) is 35.2 Å². The van der Waals surface area contributed by atoms with Crippen LogP contribution >= 0.6 is 27.3 Å². The number of aromatic nitrogens is 3. The highest BCUT2D eigenvalue weighted by molar-refractivity contribution is 9.10. The molecule has 3 heterocycles. The highest BCUT2D eigenvalue weighted by Gasteiger charge is 2.44. The summed E-state index contributed by atoms with van der Waals surface area (Å²) >= 11 is 5.25. The van der Waals surface area contributed by atoms with Gasteiger partial charge in [0.25, 0.3) is 0 Å². The number of aryl methyl sites for hydroxylation is 2. The first kappa shape index (κ1) is 17.6. The van der Waals surface area contributed by atoms with Crippen molar-refractivity contribution >= 4 is 33.2 Å². The molecule has 0 aliphatic carbocycles. The number of ether oxygens (including phenoxy) is 1. The van der Waals surface area contributed by atoms with Crippen molar-refractivity contribution < 1.29 is 14.6 Å². The van der Waals surface area contributed by atoms with E-state index in [2.05, 4.69) is 26.1 Å². The molecular weight excluding hydrogens is 394 g/mol. The third-order valence-corrected chi connectivity index (χ3v) is 6.77. The van der Waals surface area contributed by atoms with Gasteiger partial charge in [-0.3, -0.25) is 9.36 Å². The number of nitrogens with zero attached hydrogens (tertiary/aromatic N) is 3. The molecule has 1 aliphatic rings. The summed E-state index contributed by atoms with van der Waals surface area (Å²) < 4.78 is 9.03. The van der Waals surface area contributed by atoms with Crippen molar-refractivity contribution in [2.75, 3.05) is 0 Å². The molecule has 2 atom stereocenters. The molecule has 0 fully saturated rings. The fraction of sp³-hybridized carbons (Fsp3) is 0.562. The average Bonchev–Trinajstić information content (AvgIpc) is 2.89. The first-order valence-electron chi connectivity index (χ1n) is 7.67. The Kier molecular flexibility index (Phi) is 4.34. The Morgan fingerprint density at radius 3 is 2.67 bits per heavy atom. The topological polar surface area (TPSA) is 77.2 Å². The molecule has 0 bridgehead atoms. The van der Waals surface area contributed by atoms with Crippen molar-refractivity contribution in [1.82, 2.24) is 14.8 Å². The molecule has 8 heteroatoms. The number of aliphatic carboxylic acids is 1. The Bertz CT molecular complexity index is 806. The van der Waals surface area contributed by atoms with Gasteiger partial charge in [0.15, 0.2) is 5.82 Å². The summed E-state index contributed by atoms with van der Waals surface area (Å²) in [5.41, 5.74) is 0.536. The van der Waals surface area contributed by atoms with E-state index in [0.717, 1.165) is 25.7 Å². The number of rotatable bonds is 2. The van der Waals surface area contributed by atoms with Gasteiger partial charge in [0.1, 0.15) is 16.9 Å². The lowest BCUT2D eigenvalue weighted by atomic mass is 9.77. The highest BCUT2D eigenvalue weighted by atomic mass is 79.9. The Morgan fingerprint density at radius 2 is 2.08 bits per heavy atom. The minimum atomic E-state index is -0.889. The minimum absolute atomic E-state index is 0.341. The molecule has 2 unspecified atom stereocenters. The summed E-state index contributed by atoms with van der Waals surface area (Å²) in [7, 11) is 0.